The van der Waals surface area contributed by atoms with Crippen molar-refractivity contribution in [1.82, 2.24) is 0 Å². The SMILES string of the molecule is Cc1ccc(C)c(CC(Cl)c2ccc(C)s2)c1. The molecule has 0 spiro atoms. The first kappa shape index (κ1) is 12.7. The molecule has 0 nitrogen and oxygen atoms in total. The van der Waals surface area contributed by atoms with Crippen molar-refractivity contribution in [2.75, 3.05) is 0 Å². The molecular formula is C15H17ClS. The number of aryl methyl sites for hydroxylation is 3. The Morgan fingerprint density at radius 2 is 1.88 bits per heavy atom. The maximum atomic E-state index is 6.49. The van der Waals surface area contributed by atoms with E-state index in [1.165, 1.54) is 26.4 Å². The van der Waals surface area contributed by atoms with Crippen LogP contribution in [0.3, 0.4) is 0 Å². The van der Waals surface area contributed by atoms with Gasteiger partial charge in [-0.2, -0.15) is 0 Å². The molecule has 0 aliphatic carbocycles. The van der Waals surface area contributed by atoms with Crippen LogP contribution in [0.15, 0.2) is 30.3 Å². The summed E-state index contributed by atoms with van der Waals surface area (Å²) in [5.74, 6) is 0. The Morgan fingerprint density at radius 3 is 2.53 bits per heavy atom. The summed E-state index contributed by atoms with van der Waals surface area (Å²) < 4.78 is 0. The molecule has 0 amide bonds. The Morgan fingerprint density at radius 1 is 1.12 bits per heavy atom. The van der Waals surface area contributed by atoms with E-state index in [9.17, 15) is 0 Å². The fourth-order valence-electron chi connectivity index (χ4n) is 1.94. The fourth-order valence-corrected chi connectivity index (χ4v) is 3.16. The summed E-state index contributed by atoms with van der Waals surface area (Å²) in [6.07, 6.45) is 0.912. The largest absolute Gasteiger partial charge is 0.144 e. The second kappa shape index (κ2) is 5.24. The lowest BCUT2D eigenvalue weighted by Gasteiger charge is -2.11. The number of thiophene rings is 1. The standard InChI is InChI=1S/C15H17ClS/c1-10-4-5-11(2)13(8-10)9-14(16)15-7-6-12(3)17-15/h4-8,14H,9H2,1-3H3. The van der Waals surface area contributed by atoms with Crippen LogP contribution in [0.2, 0.25) is 0 Å². The van der Waals surface area contributed by atoms with E-state index in [2.05, 4.69) is 51.1 Å². The normalized spacial score (nSPS) is 12.7. The molecule has 1 aromatic heterocycles. The highest BCUT2D eigenvalue weighted by molar-refractivity contribution is 7.12. The van der Waals surface area contributed by atoms with Gasteiger partial charge in [-0.3, -0.25) is 0 Å². The molecule has 0 bridgehead atoms. The smallest absolute Gasteiger partial charge is 0.0719 e. The number of hydrogen-bond donors (Lipinski definition) is 0. The molecule has 0 saturated carbocycles. The van der Waals surface area contributed by atoms with Crippen LogP contribution < -0.4 is 0 Å². The van der Waals surface area contributed by atoms with Gasteiger partial charge in [-0.1, -0.05) is 23.8 Å². The average Bonchev–Trinajstić information content (AvgIpc) is 2.70. The van der Waals surface area contributed by atoms with Gasteiger partial charge in [-0.15, -0.1) is 22.9 Å². The number of rotatable bonds is 3. The Labute approximate surface area is 112 Å². The van der Waals surface area contributed by atoms with Gasteiger partial charge in [0.25, 0.3) is 0 Å². The molecule has 0 aliphatic rings. The average molecular weight is 265 g/mol. The molecule has 1 aromatic carbocycles. The van der Waals surface area contributed by atoms with Gasteiger partial charge in [0.05, 0.1) is 5.38 Å². The van der Waals surface area contributed by atoms with Gasteiger partial charge in [0, 0.05) is 9.75 Å². The minimum absolute atomic E-state index is 0.0919. The molecule has 17 heavy (non-hydrogen) atoms. The molecule has 0 saturated heterocycles. The highest BCUT2D eigenvalue weighted by Crippen LogP contribution is 2.31. The van der Waals surface area contributed by atoms with Crippen molar-refractivity contribution in [3.8, 4) is 0 Å². The zero-order valence-electron chi connectivity index (χ0n) is 10.5. The van der Waals surface area contributed by atoms with Gasteiger partial charge in [0.15, 0.2) is 0 Å². The van der Waals surface area contributed by atoms with Crippen LogP contribution in [0, 0.1) is 20.8 Å². The third-order valence-electron chi connectivity index (χ3n) is 2.97. The van der Waals surface area contributed by atoms with Crippen molar-refractivity contribution in [2.45, 2.75) is 32.6 Å². The summed E-state index contributed by atoms with van der Waals surface area (Å²) >= 11 is 8.28. The lowest BCUT2D eigenvalue weighted by molar-refractivity contribution is 0.927. The van der Waals surface area contributed by atoms with Gasteiger partial charge in [-0.25, -0.2) is 0 Å². The predicted octanol–water partition coefficient (Wildman–Crippen LogP) is 5.20. The molecule has 90 valence electrons. The van der Waals surface area contributed by atoms with E-state index in [1.807, 2.05) is 0 Å². The molecule has 1 heterocycles. The first-order chi connectivity index (χ1) is 8.06. The zero-order chi connectivity index (χ0) is 12.4. The Kier molecular flexibility index (Phi) is 3.90. The minimum Gasteiger partial charge on any atom is -0.144 e. The summed E-state index contributed by atoms with van der Waals surface area (Å²) in [7, 11) is 0. The molecular weight excluding hydrogens is 248 g/mol. The predicted molar refractivity (Wildman–Crippen MR) is 77.3 cm³/mol. The van der Waals surface area contributed by atoms with Crippen molar-refractivity contribution in [1.29, 1.82) is 0 Å². The fraction of sp³-hybridized carbons (Fsp3) is 0.333. The molecule has 2 aromatic rings. The zero-order valence-corrected chi connectivity index (χ0v) is 12.0. The topological polar surface area (TPSA) is 0 Å². The van der Waals surface area contributed by atoms with Crippen LogP contribution in [-0.2, 0) is 6.42 Å². The maximum Gasteiger partial charge on any atom is 0.0719 e. The van der Waals surface area contributed by atoms with Crippen LogP contribution in [0.1, 0.15) is 31.8 Å². The summed E-state index contributed by atoms with van der Waals surface area (Å²) in [6, 6.07) is 10.8. The molecule has 2 rings (SSSR count). The summed E-state index contributed by atoms with van der Waals surface area (Å²) in [5, 5.41) is 0.0919. The van der Waals surface area contributed by atoms with E-state index in [4.69, 9.17) is 11.6 Å². The molecule has 0 fully saturated rings. The molecule has 0 radical (unpaired) electrons. The third-order valence-corrected chi connectivity index (χ3v) is 4.61. The van der Waals surface area contributed by atoms with E-state index in [0.717, 1.165) is 6.42 Å². The van der Waals surface area contributed by atoms with Crippen molar-refractivity contribution < 1.29 is 0 Å². The van der Waals surface area contributed by atoms with E-state index in [0.29, 0.717) is 0 Å². The van der Waals surface area contributed by atoms with Crippen molar-refractivity contribution >= 4 is 22.9 Å². The second-order valence-corrected chi connectivity index (χ2v) is 6.40. The number of alkyl halides is 1. The van der Waals surface area contributed by atoms with Crippen molar-refractivity contribution in [2.24, 2.45) is 0 Å². The first-order valence-electron chi connectivity index (χ1n) is 5.83. The van der Waals surface area contributed by atoms with Crippen LogP contribution in [0.25, 0.3) is 0 Å². The molecule has 2 heteroatoms. The van der Waals surface area contributed by atoms with E-state index >= 15 is 0 Å². The van der Waals surface area contributed by atoms with E-state index in [-0.39, 0.29) is 5.38 Å². The van der Waals surface area contributed by atoms with Gasteiger partial charge < -0.3 is 0 Å². The monoisotopic (exact) mass is 264 g/mol. The Hall–Kier alpha value is -0.790. The van der Waals surface area contributed by atoms with E-state index < -0.39 is 0 Å². The molecule has 0 aliphatic heterocycles. The highest BCUT2D eigenvalue weighted by Gasteiger charge is 2.12. The quantitative estimate of drug-likeness (QED) is 0.669. The Balaban J connectivity index is 2.18. The van der Waals surface area contributed by atoms with Crippen LogP contribution in [0.5, 0.6) is 0 Å². The molecule has 0 N–H and O–H groups in total. The number of benzene rings is 1. The Bertz CT molecular complexity index is 513. The van der Waals surface area contributed by atoms with Crippen molar-refractivity contribution in [3.63, 3.8) is 0 Å². The van der Waals surface area contributed by atoms with Crippen LogP contribution in [0.4, 0.5) is 0 Å². The summed E-state index contributed by atoms with van der Waals surface area (Å²) in [4.78, 5) is 2.59. The second-order valence-electron chi connectivity index (χ2n) is 4.55. The highest BCUT2D eigenvalue weighted by atomic mass is 35.5. The maximum absolute atomic E-state index is 6.49. The molecule has 1 unspecified atom stereocenters. The minimum atomic E-state index is 0.0919. The first-order valence-corrected chi connectivity index (χ1v) is 7.08. The number of hydrogen-bond acceptors (Lipinski definition) is 1. The van der Waals surface area contributed by atoms with Crippen LogP contribution >= 0.6 is 22.9 Å². The van der Waals surface area contributed by atoms with Crippen LogP contribution in [-0.4, -0.2) is 0 Å². The van der Waals surface area contributed by atoms with Gasteiger partial charge in [-0.05, 0) is 50.5 Å². The lowest BCUT2D eigenvalue weighted by Crippen LogP contribution is -1.96. The number of halogens is 1. The summed E-state index contributed by atoms with van der Waals surface area (Å²) in [5.41, 5.74) is 3.99. The lowest BCUT2D eigenvalue weighted by atomic mass is 10.0. The van der Waals surface area contributed by atoms with E-state index in [1.54, 1.807) is 11.3 Å². The van der Waals surface area contributed by atoms with Crippen molar-refractivity contribution in [3.05, 3.63) is 56.8 Å². The third kappa shape index (κ3) is 3.11. The molecule has 1 atom stereocenters. The van der Waals surface area contributed by atoms with Gasteiger partial charge >= 0.3 is 0 Å². The van der Waals surface area contributed by atoms with Gasteiger partial charge in [0.2, 0.25) is 0 Å². The van der Waals surface area contributed by atoms with Gasteiger partial charge in [0.1, 0.15) is 0 Å². The summed E-state index contributed by atoms with van der Waals surface area (Å²) in [6.45, 7) is 6.40.